The standard InChI is InChI=1S/C12H16N2OS/c1-8(2)9(6-13)10-7-16-12(14-10)11-4-3-5-15-11/h3-5,7-9H,6,13H2,1-2H3. The smallest absolute Gasteiger partial charge is 0.162 e. The number of nitrogens with two attached hydrogens (primary N) is 1. The van der Waals surface area contributed by atoms with E-state index in [1.54, 1.807) is 17.6 Å². The van der Waals surface area contributed by atoms with E-state index < -0.39 is 0 Å². The maximum Gasteiger partial charge on any atom is 0.162 e. The fourth-order valence-electron chi connectivity index (χ4n) is 1.70. The fourth-order valence-corrected chi connectivity index (χ4v) is 2.55. The van der Waals surface area contributed by atoms with Gasteiger partial charge in [-0.1, -0.05) is 13.8 Å². The van der Waals surface area contributed by atoms with E-state index in [0.717, 1.165) is 16.5 Å². The third kappa shape index (κ3) is 2.18. The van der Waals surface area contributed by atoms with Gasteiger partial charge in [-0.05, 0) is 18.1 Å². The molecule has 2 aromatic rings. The number of aromatic nitrogens is 1. The molecule has 2 N–H and O–H groups in total. The fraction of sp³-hybridized carbons (Fsp3) is 0.417. The molecule has 2 rings (SSSR count). The van der Waals surface area contributed by atoms with Crippen LogP contribution >= 0.6 is 11.3 Å². The predicted octanol–water partition coefficient (Wildman–Crippen LogP) is 3.10. The van der Waals surface area contributed by atoms with Gasteiger partial charge in [0.25, 0.3) is 0 Å². The molecule has 86 valence electrons. The van der Waals surface area contributed by atoms with Crippen LogP contribution < -0.4 is 5.73 Å². The van der Waals surface area contributed by atoms with E-state index in [4.69, 9.17) is 10.2 Å². The normalized spacial score (nSPS) is 13.2. The van der Waals surface area contributed by atoms with Gasteiger partial charge in [-0.15, -0.1) is 11.3 Å². The van der Waals surface area contributed by atoms with Crippen LogP contribution in [-0.4, -0.2) is 11.5 Å². The molecule has 1 unspecified atom stereocenters. The van der Waals surface area contributed by atoms with Crippen LogP contribution in [0, 0.1) is 5.92 Å². The van der Waals surface area contributed by atoms with E-state index >= 15 is 0 Å². The molecule has 0 aliphatic heterocycles. The summed E-state index contributed by atoms with van der Waals surface area (Å²) in [4.78, 5) is 4.59. The molecule has 0 fully saturated rings. The first kappa shape index (κ1) is 11.4. The molecule has 1 atom stereocenters. The van der Waals surface area contributed by atoms with Gasteiger partial charge in [-0.25, -0.2) is 4.98 Å². The first-order valence-corrected chi connectivity index (χ1v) is 6.29. The maximum atomic E-state index is 5.77. The maximum absolute atomic E-state index is 5.77. The van der Waals surface area contributed by atoms with Gasteiger partial charge in [-0.3, -0.25) is 0 Å². The summed E-state index contributed by atoms with van der Waals surface area (Å²) in [5, 5.41) is 3.01. The summed E-state index contributed by atoms with van der Waals surface area (Å²) < 4.78 is 5.32. The molecule has 2 aromatic heterocycles. The van der Waals surface area contributed by atoms with Crippen molar-refractivity contribution in [2.45, 2.75) is 19.8 Å². The molecular weight excluding hydrogens is 220 g/mol. The molecule has 0 saturated heterocycles. The molecule has 4 heteroatoms. The average molecular weight is 236 g/mol. The van der Waals surface area contributed by atoms with Crippen molar-refractivity contribution in [1.29, 1.82) is 0 Å². The Balaban J connectivity index is 2.25. The third-order valence-corrected chi connectivity index (χ3v) is 3.57. The number of rotatable bonds is 4. The third-order valence-electron chi connectivity index (χ3n) is 2.69. The highest BCUT2D eigenvalue weighted by Gasteiger charge is 2.18. The summed E-state index contributed by atoms with van der Waals surface area (Å²) in [6.45, 7) is 4.98. The van der Waals surface area contributed by atoms with Crippen LogP contribution in [0.15, 0.2) is 28.2 Å². The second-order valence-corrected chi connectivity index (χ2v) is 5.00. The summed E-state index contributed by atoms with van der Waals surface area (Å²) in [5.41, 5.74) is 6.85. The van der Waals surface area contributed by atoms with E-state index in [-0.39, 0.29) is 0 Å². The Hall–Kier alpha value is -1.13. The first-order chi connectivity index (χ1) is 7.72. The van der Waals surface area contributed by atoms with Crippen molar-refractivity contribution in [3.05, 3.63) is 29.5 Å². The molecule has 0 aliphatic rings. The molecule has 3 nitrogen and oxygen atoms in total. The molecule has 0 saturated carbocycles. The SMILES string of the molecule is CC(C)C(CN)c1csc(-c2ccco2)n1. The Morgan fingerprint density at radius 3 is 2.88 bits per heavy atom. The number of furan rings is 1. The molecule has 0 bridgehead atoms. The van der Waals surface area contributed by atoms with Gasteiger partial charge >= 0.3 is 0 Å². The number of thiazole rings is 1. The molecule has 0 aromatic carbocycles. The summed E-state index contributed by atoms with van der Waals surface area (Å²) >= 11 is 1.61. The topological polar surface area (TPSA) is 52.0 Å². The lowest BCUT2D eigenvalue weighted by Gasteiger charge is -2.15. The van der Waals surface area contributed by atoms with Crippen molar-refractivity contribution in [2.24, 2.45) is 11.7 Å². The molecule has 2 heterocycles. The van der Waals surface area contributed by atoms with E-state index in [2.05, 4.69) is 24.2 Å². The van der Waals surface area contributed by atoms with Crippen molar-refractivity contribution in [3.8, 4) is 10.8 Å². The van der Waals surface area contributed by atoms with E-state index in [1.807, 2.05) is 12.1 Å². The zero-order valence-corrected chi connectivity index (χ0v) is 10.3. The minimum Gasteiger partial charge on any atom is -0.462 e. The Kier molecular flexibility index (Phi) is 3.41. The van der Waals surface area contributed by atoms with Crippen LogP contribution in [0.5, 0.6) is 0 Å². The zero-order valence-electron chi connectivity index (χ0n) is 9.51. The van der Waals surface area contributed by atoms with Crippen LogP contribution in [0.25, 0.3) is 10.8 Å². The van der Waals surface area contributed by atoms with Crippen LogP contribution in [0.3, 0.4) is 0 Å². The van der Waals surface area contributed by atoms with Crippen molar-refractivity contribution in [1.82, 2.24) is 4.98 Å². The van der Waals surface area contributed by atoms with Crippen molar-refractivity contribution in [2.75, 3.05) is 6.54 Å². The lowest BCUT2D eigenvalue weighted by atomic mass is 9.93. The summed E-state index contributed by atoms with van der Waals surface area (Å²) in [6.07, 6.45) is 1.67. The Morgan fingerprint density at radius 1 is 1.50 bits per heavy atom. The highest BCUT2D eigenvalue weighted by atomic mass is 32.1. The minimum absolute atomic E-state index is 0.333. The highest BCUT2D eigenvalue weighted by Crippen LogP contribution is 2.29. The van der Waals surface area contributed by atoms with Gasteiger partial charge in [0.2, 0.25) is 0 Å². The van der Waals surface area contributed by atoms with E-state index in [1.165, 1.54) is 0 Å². The van der Waals surface area contributed by atoms with Crippen LogP contribution in [0.1, 0.15) is 25.5 Å². The van der Waals surface area contributed by atoms with Gasteiger partial charge in [0, 0.05) is 17.8 Å². The second-order valence-electron chi connectivity index (χ2n) is 4.14. The van der Waals surface area contributed by atoms with Crippen molar-refractivity contribution >= 4 is 11.3 Å². The van der Waals surface area contributed by atoms with Crippen molar-refractivity contribution < 1.29 is 4.42 Å². The van der Waals surface area contributed by atoms with Crippen LogP contribution in [-0.2, 0) is 0 Å². The van der Waals surface area contributed by atoms with Crippen LogP contribution in [0.2, 0.25) is 0 Å². The monoisotopic (exact) mass is 236 g/mol. The lowest BCUT2D eigenvalue weighted by Crippen LogP contribution is -2.18. The summed E-state index contributed by atoms with van der Waals surface area (Å²) in [7, 11) is 0. The van der Waals surface area contributed by atoms with E-state index in [0.29, 0.717) is 18.4 Å². The minimum atomic E-state index is 0.333. The molecular formula is C12H16N2OS. The molecule has 0 spiro atoms. The van der Waals surface area contributed by atoms with Gasteiger partial charge in [0.1, 0.15) is 0 Å². The van der Waals surface area contributed by atoms with Crippen molar-refractivity contribution in [3.63, 3.8) is 0 Å². The molecule has 16 heavy (non-hydrogen) atoms. The Morgan fingerprint density at radius 2 is 2.31 bits per heavy atom. The highest BCUT2D eigenvalue weighted by molar-refractivity contribution is 7.13. The Labute approximate surface area is 99.3 Å². The molecule has 0 amide bonds. The summed E-state index contributed by atoms with van der Waals surface area (Å²) in [5.74, 6) is 1.67. The summed E-state index contributed by atoms with van der Waals surface area (Å²) in [6, 6.07) is 3.80. The van der Waals surface area contributed by atoms with Gasteiger partial charge in [0.05, 0.1) is 12.0 Å². The lowest BCUT2D eigenvalue weighted by molar-refractivity contribution is 0.497. The quantitative estimate of drug-likeness (QED) is 0.887. The molecule has 0 aliphatic carbocycles. The number of hydrogen-bond donors (Lipinski definition) is 1. The number of nitrogens with zero attached hydrogens (tertiary/aromatic N) is 1. The number of hydrogen-bond acceptors (Lipinski definition) is 4. The van der Waals surface area contributed by atoms with Gasteiger partial charge < -0.3 is 10.2 Å². The predicted molar refractivity (Wildman–Crippen MR) is 66.4 cm³/mol. The Bertz CT molecular complexity index is 434. The van der Waals surface area contributed by atoms with E-state index in [9.17, 15) is 0 Å². The largest absolute Gasteiger partial charge is 0.462 e. The first-order valence-electron chi connectivity index (χ1n) is 5.41. The van der Waals surface area contributed by atoms with Gasteiger partial charge in [-0.2, -0.15) is 0 Å². The van der Waals surface area contributed by atoms with Crippen LogP contribution in [0.4, 0.5) is 0 Å². The average Bonchev–Trinajstić information content (AvgIpc) is 2.86. The second kappa shape index (κ2) is 4.80. The van der Waals surface area contributed by atoms with Gasteiger partial charge in [0.15, 0.2) is 10.8 Å². The zero-order chi connectivity index (χ0) is 11.5. The molecule has 0 radical (unpaired) electrons.